The van der Waals surface area contributed by atoms with Gasteiger partial charge in [-0.3, -0.25) is 9.48 Å². The fourth-order valence-corrected chi connectivity index (χ4v) is 3.10. The molecule has 1 amide bonds. The molecular formula is C16H24F3N3O. The maximum absolute atomic E-state index is 13.0. The molecule has 2 rings (SSSR count). The predicted molar refractivity (Wildman–Crippen MR) is 81.0 cm³/mol. The van der Waals surface area contributed by atoms with E-state index in [0.717, 1.165) is 25.7 Å². The van der Waals surface area contributed by atoms with Crippen LogP contribution in [0.1, 0.15) is 62.9 Å². The van der Waals surface area contributed by atoms with Crippen LogP contribution in [0.5, 0.6) is 0 Å². The molecule has 130 valence electrons. The molecule has 0 fully saturated rings. The number of hydrogen-bond donors (Lipinski definition) is 1. The van der Waals surface area contributed by atoms with E-state index in [1.807, 2.05) is 6.92 Å². The number of unbranched alkanes of at least 4 members (excludes halogenated alkanes) is 2. The van der Waals surface area contributed by atoms with Gasteiger partial charge in [0.05, 0.1) is 0 Å². The zero-order valence-corrected chi connectivity index (χ0v) is 13.7. The lowest BCUT2D eigenvalue weighted by molar-refractivity contribution is -0.142. The Morgan fingerprint density at radius 2 is 2.09 bits per heavy atom. The van der Waals surface area contributed by atoms with Crippen LogP contribution >= 0.6 is 0 Å². The molecular weight excluding hydrogens is 307 g/mol. The van der Waals surface area contributed by atoms with Gasteiger partial charge in [-0.05, 0) is 32.6 Å². The number of nitrogens with one attached hydrogen (secondary N) is 1. The van der Waals surface area contributed by atoms with E-state index < -0.39 is 11.9 Å². The smallest absolute Gasteiger partial charge is 0.352 e. The van der Waals surface area contributed by atoms with E-state index in [4.69, 9.17) is 0 Å². The summed E-state index contributed by atoms with van der Waals surface area (Å²) in [6.45, 7) is 3.89. The molecule has 1 atom stereocenters. The second-order valence-corrected chi connectivity index (χ2v) is 6.25. The van der Waals surface area contributed by atoms with Crippen molar-refractivity contribution in [2.75, 3.05) is 0 Å². The summed E-state index contributed by atoms with van der Waals surface area (Å²) < 4.78 is 40.2. The van der Waals surface area contributed by atoms with Crippen molar-refractivity contribution in [3.8, 4) is 0 Å². The molecule has 0 saturated heterocycles. The zero-order chi connectivity index (χ0) is 17.0. The molecule has 0 saturated carbocycles. The summed E-state index contributed by atoms with van der Waals surface area (Å²) in [5.41, 5.74) is 0.00111. The Labute approximate surface area is 134 Å². The van der Waals surface area contributed by atoms with Crippen LogP contribution in [0.3, 0.4) is 0 Å². The second kappa shape index (κ2) is 7.36. The first-order valence-electron chi connectivity index (χ1n) is 8.28. The van der Waals surface area contributed by atoms with E-state index in [2.05, 4.69) is 17.3 Å². The van der Waals surface area contributed by atoms with Crippen LogP contribution in [0.15, 0.2) is 0 Å². The van der Waals surface area contributed by atoms with Crippen molar-refractivity contribution in [2.45, 2.75) is 77.6 Å². The number of rotatable bonds is 7. The van der Waals surface area contributed by atoms with Gasteiger partial charge in [-0.1, -0.05) is 26.2 Å². The highest BCUT2D eigenvalue weighted by Gasteiger charge is 2.40. The lowest BCUT2D eigenvalue weighted by atomic mass is 10.1. The number of aromatic nitrogens is 2. The third-order valence-corrected chi connectivity index (χ3v) is 4.22. The summed E-state index contributed by atoms with van der Waals surface area (Å²) in [5.74, 6) is -0.278. The van der Waals surface area contributed by atoms with Crippen molar-refractivity contribution < 1.29 is 18.0 Å². The number of alkyl halides is 3. The molecule has 0 aromatic carbocycles. The molecule has 0 bridgehead atoms. The highest BCUT2D eigenvalue weighted by atomic mass is 19.4. The van der Waals surface area contributed by atoms with Gasteiger partial charge in [0, 0.05) is 17.3 Å². The summed E-state index contributed by atoms with van der Waals surface area (Å²) >= 11 is 0. The van der Waals surface area contributed by atoms with E-state index in [0.29, 0.717) is 25.0 Å². The van der Waals surface area contributed by atoms with Gasteiger partial charge in [0.25, 0.3) is 0 Å². The quantitative estimate of drug-likeness (QED) is 0.778. The Morgan fingerprint density at radius 3 is 2.74 bits per heavy atom. The van der Waals surface area contributed by atoms with Crippen molar-refractivity contribution in [3.63, 3.8) is 0 Å². The fraction of sp³-hybridized carbons (Fsp3) is 0.750. The topological polar surface area (TPSA) is 46.9 Å². The lowest BCUT2D eigenvalue weighted by Crippen LogP contribution is -2.35. The average molecular weight is 331 g/mol. The van der Waals surface area contributed by atoms with Crippen LogP contribution < -0.4 is 5.32 Å². The molecule has 7 heteroatoms. The molecule has 1 aromatic heterocycles. The monoisotopic (exact) mass is 331 g/mol. The van der Waals surface area contributed by atoms with Gasteiger partial charge in [-0.15, -0.1) is 0 Å². The third-order valence-electron chi connectivity index (χ3n) is 4.22. The van der Waals surface area contributed by atoms with E-state index in [1.165, 1.54) is 4.68 Å². The molecule has 0 spiro atoms. The summed E-state index contributed by atoms with van der Waals surface area (Å²) in [5, 5.41) is 6.50. The molecule has 1 aliphatic rings. The van der Waals surface area contributed by atoms with Gasteiger partial charge < -0.3 is 5.32 Å². The minimum atomic E-state index is -4.45. The Kier molecular flexibility index (Phi) is 5.70. The van der Waals surface area contributed by atoms with Crippen molar-refractivity contribution in [1.82, 2.24) is 15.1 Å². The van der Waals surface area contributed by atoms with Crippen LogP contribution in [0, 0.1) is 0 Å². The van der Waals surface area contributed by atoms with E-state index in [1.54, 1.807) is 0 Å². The van der Waals surface area contributed by atoms with Crippen LogP contribution in [-0.2, 0) is 30.4 Å². The Bertz CT molecular complexity index is 552. The van der Waals surface area contributed by atoms with E-state index >= 15 is 0 Å². The standard InChI is InChI=1S/C16H24F3N3O/c1-3-4-5-7-11(2)20-14(23)10-22-13-9-6-8-12(13)15(21-22)16(17,18)19/h11H,3-10H2,1-2H3,(H,20,23)/t11-/m0/s1. The first kappa shape index (κ1) is 17.8. The van der Waals surface area contributed by atoms with Crippen LogP contribution in [0.4, 0.5) is 13.2 Å². The third kappa shape index (κ3) is 4.48. The van der Waals surface area contributed by atoms with Gasteiger partial charge in [0.2, 0.25) is 5.91 Å². The Hall–Kier alpha value is -1.53. The Balaban J connectivity index is 1.99. The number of nitrogens with zero attached hydrogens (tertiary/aromatic N) is 2. The largest absolute Gasteiger partial charge is 0.435 e. The van der Waals surface area contributed by atoms with Gasteiger partial charge in [0.1, 0.15) is 6.54 Å². The molecule has 1 heterocycles. The van der Waals surface area contributed by atoms with Crippen LogP contribution in [-0.4, -0.2) is 21.7 Å². The van der Waals surface area contributed by atoms with Gasteiger partial charge >= 0.3 is 6.18 Å². The minimum Gasteiger partial charge on any atom is -0.352 e. The maximum atomic E-state index is 13.0. The van der Waals surface area contributed by atoms with Crippen molar-refractivity contribution >= 4 is 5.91 Å². The summed E-state index contributed by atoms with van der Waals surface area (Å²) in [4.78, 5) is 12.1. The highest BCUT2D eigenvalue weighted by Crippen LogP contribution is 2.36. The zero-order valence-electron chi connectivity index (χ0n) is 13.7. The molecule has 1 aliphatic carbocycles. The van der Waals surface area contributed by atoms with Crippen molar-refractivity contribution in [1.29, 1.82) is 0 Å². The second-order valence-electron chi connectivity index (χ2n) is 6.25. The number of halogens is 3. The molecule has 0 unspecified atom stereocenters. The summed E-state index contributed by atoms with van der Waals surface area (Å²) in [6.07, 6.45) is 1.31. The maximum Gasteiger partial charge on any atom is 0.435 e. The molecule has 4 nitrogen and oxygen atoms in total. The van der Waals surface area contributed by atoms with Crippen molar-refractivity contribution in [2.24, 2.45) is 0 Å². The normalized spacial score (nSPS) is 15.5. The van der Waals surface area contributed by atoms with E-state index in [-0.39, 0.29) is 24.1 Å². The minimum absolute atomic E-state index is 0.0275. The Morgan fingerprint density at radius 1 is 1.35 bits per heavy atom. The van der Waals surface area contributed by atoms with Gasteiger partial charge in [-0.25, -0.2) is 0 Å². The number of amides is 1. The average Bonchev–Trinajstić information content (AvgIpc) is 3.01. The highest BCUT2D eigenvalue weighted by molar-refractivity contribution is 5.76. The van der Waals surface area contributed by atoms with Gasteiger partial charge in [-0.2, -0.15) is 18.3 Å². The summed E-state index contributed by atoms with van der Waals surface area (Å²) in [7, 11) is 0. The van der Waals surface area contributed by atoms with Gasteiger partial charge in [0.15, 0.2) is 5.69 Å². The van der Waals surface area contributed by atoms with Crippen molar-refractivity contribution in [3.05, 3.63) is 17.0 Å². The number of hydrogen-bond acceptors (Lipinski definition) is 2. The molecule has 1 aromatic rings. The first-order chi connectivity index (χ1) is 10.8. The molecule has 0 aliphatic heterocycles. The summed E-state index contributed by atoms with van der Waals surface area (Å²) in [6, 6.07) is 0.0275. The number of carbonyl (C=O) groups excluding carboxylic acids is 1. The lowest BCUT2D eigenvalue weighted by Gasteiger charge is -2.14. The predicted octanol–water partition coefficient (Wildman–Crippen LogP) is 3.48. The SMILES string of the molecule is CCCCC[C@H](C)NC(=O)Cn1nc(C(F)(F)F)c2c1CCC2. The van der Waals surface area contributed by atoms with Crippen LogP contribution in [0.2, 0.25) is 0 Å². The number of fused-ring (bicyclic) bond motifs is 1. The molecule has 23 heavy (non-hydrogen) atoms. The molecule has 0 radical (unpaired) electrons. The first-order valence-corrected chi connectivity index (χ1v) is 8.28. The fourth-order valence-electron chi connectivity index (χ4n) is 3.10. The number of carbonyl (C=O) groups is 1. The van der Waals surface area contributed by atoms with Crippen LogP contribution in [0.25, 0.3) is 0 Å². The molecule has 1 N–H and O–H groups in total. The van der Waals surface area contributed by atoms with E-state index in [9.17, 15) is 18.0 Å².